The van der Waals surface area contributed by atoms with Gasteiger partial charge in [-0.2, -0.15) is 5.26 Å². The number of nitriles is 1. The van der Waals surface area contributed by atoms with E-state index < -0.39 is 0 Å². The molecule has 10 atom stereocenters. The number of rotatable bonds is 10. The van der Waals surface area contributed by atoms with Crippen molar-refractivity contribution >= 4 is 11.8 Å². The topological polar surface area (TPSA) is 104 Å². The molecular weight excluding hydrogens is 486 g/mol. The number of fused-ring (bicyclic) bond motifs is 5. The summed E-state index contributed by atoms with van der Waals surface area (Å²) in [5.74, 6) is 1.38. The van der Waals surface area contributed by atoms with E-state index in [4.69, 9.17) is 23.7 Å². The first-order chi connectivity index (χ1) is 18.1. The Hall–Kier alpha value is -1.79. The maximum Gasteiger partial charge on any atom is 0.305 e. The highest BCUT2D eigenvalue weighted by Gasteiger charge is 2.66. The molecule has 0 radical (unpaired) electrons. The van der Waals surface area contributed by atoms with Crippen molar-refractivity contribution < 1.29 is 33.3 Å². The SMILES string of the molecule is COCO[C@H]1C[C@H]2[C@@H]([C@H](OCOC)C[C@@H]3CC(=O)C(C#N)=C[C@@]32C)[C@@H]2CC[C@H]([C@H](C)CCC(=O)OC)[C@@]12C. The molecule has 212 valence electrons. The number of ether oxygens (including phenoxy) is 5. The summed E-state index contributed by atoms with van der Waals surface area (Å²) in [5, 5.41) is 9.74. The Morgan fingerprint density at radius 2 is 1.82 bits per heavy atom. The zero-order valence-electron chi connectivity index (χ0n) is 23.9. The van der Waals surface area contributed by atoms with Gasteiger partial charge in [-0.3, -0.25) is 9.59 Å². The Morgan fingerprint density at radius 3 is 2.47 bits per heavy atom. The predicted molar refractivity (Wildman–Crippen MR) is 139 cm³/mol. The van der Waals surface area contributed by atoms with Crippen LogP contribution >= 0.6 is 0 Å². The summed E-state index contributed by atoms with van der Waals surface area (Å²) in [5.41, 5.74) is -0.122. The number of hydrogen-bond donors (Lipinski definition) is 0. The minimum absolute atomic E-state index is 0.0281. The lowest BCUT2D eigenvalue weighted by Gasteiger charge is -2.63. The summed E-state index contributed by atoms with van der Waals surface area (Å²) in [7, 11) is 4.74. The second-order valence-corrected chi connectivity index (χ2v) is 12.4. The second kappa shape index (κ2) is 11.8. The van der Waals surface area contributed by atoms with Crippen LogP contribution in [0.5, 0.6) is 0 Å². The zero-order chi connectivity index (χ0) is 27.7. The minimum Gasteiger partial charge on any atom is -0.469 e. The molecule has 8 heteroatoms. The van der Waals surface area contributed by atoms with Crippen LogP contribution in [0.3, 0.4) is 0 Å². The van der Waals surface area contributed by atoms with Crippen LogP contribution in [0, 0.1) is 57.7 Å². The van der Waals surface area contributed by atoms with E-state index in [-0.39, 0.29) is 66.1 Å². The van der Waals surface area contributed by atoms with Crippen LogP contribution < -0.4 is 0 Å². The number of Topliss-reactive ketones (excluding diaryl/α,β-unsaturated/α-hetero) is 1. The Labute approximate surface area is 227 Å². The van der Waals surface area contributed by atoms with Crippen molar-refractivity contribution in [2.45, 2.75) is 77.9 Å². The molecule has 0 aromatic rings. The molecule has 0 aromatic carbocycles. The van der Waals surface area contributed by atoms with Gasteiger partial charge in [0.2, 0.25) is 0 Å². The third kappa shape index (κ3) is 4.96. The average molecular weight is 532 g/mol. The number of nitrogens with zero attached hydrogens (tertiary/aromatic N) is 1. The third-order valence-corrected chi connectivity index (χ3v) is 10.9. The van der Waals surface area contributed by atoms with Crippen LogP contribution in [0.2, 0.25) is 0 Å². The van der Waals surface area contributed by atoms with E-state index in [0.29, 0.717) is 36.2 Å². The first-order valence-electron chi connectivity index (χ1n) is 14.1. The Bertz CT molecular complexity index is 959. The molecule has 4 aliphatic rings. The molecule has 4 aliphatic carbocycles. The smallest absolute Gasteiger partial charge is 0.305 e. The van der Waals surface area contributed by atoms with Crippen LogP contribution in [-0.4, -0.2) is 58.9 Å². The van der Waals surface area contributed by atoms with E-state index in [1.165, 1.54) is 7.11 Å². The average Bonchev–Trinajstić information content (AvgIpc) is 3.27. The van der Waals surface area contributed by atoms with E-state index in [2.05, 4.69) is 26.8 Å². The number of allylic oxidation sites excluding steroid dienone is 2. The highest BCUT2D eigenvalue weighted by molar-refractivity contribution is 6.00. The van der Waals surface area contributed by atoms with Gasteiger partial charge in [-0.05, 0) is 73.0 Å². The molecule has 0 unspecified atom stereocenters. The minimum atomic E-state index is -0.291. The fraction of sp³-hybridized carbons (Fsp3) is 0.833. The molecule has 8 nitrogen and oxygen atoms in total. The normalized spacial score (nSPS) is 40.8. The lowest BCUT2D eigenvalue weighted by Crippen LogP contribution is -2.62. The molecule has 0 heterocycles. The highest BCUT2D eigenvalue weighted by Crippen LogP contribution is 2.68. The number of methoxy groups -OCH3 is 3. The number of esters is 1. The predicted octanol–water partition coefficient (Wildman–Crippen LogP) is 4.67. The molecule has 3 saturated carbocycles. The number of carbonyl (C=O) groups is 2. The van der Waals surface area contributed by atoms with Crippen LogP contribution in [0.15, 0.2) is 11.6 Å². The first kappa shape index (κ1) is 29.2. The van der Waals surface area contributed by atoms with Gasteiger partial charge in [0.15, 0.2) is 5.78 Å². The molecule has 0 N–H and O–H groups in total. The van der Waals surface area contributed by atoms with Crippen molar-refractivity contribution in [3.05, 3.63) is 11.6 Å². The monoisotopic (exact) mass is 531 g/mol. The van der Waals surface area contributed by atoms with Gasteiger partial charge in [0.05, 0.1) is 24.9 Å². The molecule has 0 aliphatic heterocycles. The van der Waals surface area contributed by atoms with Crippen molar-refractivity contribution in [2.75, 3.05) is 34.9 Å². The largest absolute Gasteiger partial charge is 0.469 e. The highest BCUT2D eigenvalue weighted by atomic mass is 16.7. The zero-order valence-corrected chi connectivity index (χ0v) is 23.9. The van der Waals surface area contributed by atoms with Crippen molar-refractivity contribution in [1.29, 1.82) is 5.26 Å². The fourth-order valence-electron chi connectivity index (χ4n) is 9.07. The molecule has 0 saturated heterocycles. The van der Waals surface area contributed by atoms with Crippen LogP contribution in [0.4, 0.5) is 0 Å². The Kier molecular flexibility index (Phi) is 9.03. The van der Waals surface area contributed by atoms with E-state index in [0.717, 1.165) is 32.1 Å². The van der Waals surface area contributed by atoms with Gasteiger partial charge in [-0.1, -0.05) is 26.8 Å². The maximum absolute atomic E-state index is 12.8. The van der Waals surface area contributed by atoms with Gasteiger partial charge in [0.1, 0.15) is 19.7 Å². The van der Waals surface area contributed by atoms with Gasteiger partial charge in [-0.25, -0.2) is 0 Å². The van der Waals surface area contributed by atoms with Gasteiger partial charge >= 0.3 is 5.97 Å². The quantitative estimate of drug-likeness (QED) is 0.296. The number of ketones is 1. The van der Waals surface area contributed by atoms with Crippen molar-refractivity contribution in [1.82, 2.24) is 0 Å². The summed E-state index contributed by atoms with van der Waals surface area (Å²) in [6.07, 6.45) is 7.19. The van der Waals surface area contributed by atoms with Crippen molar-refractivity contribution in [3.63, 3.8) is 0 Å². The van der Waals surface area contributed by atoms with Crippen LogP contribution in [0.25, 0.3) is 0 Å². The summed E-state index contributed by atoms with van der Waals surface area (Å²) < 4.78 is 28.6. The maximum atomic E-state index is 12.8. The third-order valence-electron chi connectivity index (χ3n) is 10.9. The standard InChI is InChI=1S/C30H45NO7/c1-18(7-10-27(33)36-6)21-8-9-22-28-23(13-26(30(21,22)3)38-17-35-5)29(2)14-19(15-31)24(32)11-20(29)12-25(28)37-16-34-4/h14,18,20-23,25-26,28H,7-13,16-17H2,1-6H3/t18-,20+,21-,22+,23+,25-,26+,28+,29+,30-/m1/s1. The van der Waals surface area contributed by atoms with Crippen LogP contribution in [-0.2, 0) is 33.3 Å². The van der Waals surface area contributed by atoms with E-state index in [1.54, 1.807) is 14.2 Å². The van der Waals surface area contributed by atoms with E-state index in [1.807, 2.05) is 6.08 Å². The molecule has 3 fully saturated rings. The molecular formula is C30H45NO7. The number of carbonyl (C=O) groups excluding carboxylic acids is 2. The Morgan fingerprint density at radius 1 is 1.11 bits per heavy atom. The summed E-state index contributed by atoms with van der Waals surface area (Å²) >= 11 is 0. The Balaban J connectivity index is 1.74. The molecule has 0 aromatic heterocycles. The van der Waals surface area contributed by atoms with Gasteiger partial charge in [0.25, 0.3) is 0 Å². The summed E-state index contributed by atoms with van der Waals surface area (Å²) in [6.45, 7) is 7.31. The second-order valence-electron chi connectivity index (χ2n) is 12.4. The summed E-state index contributed by atoms with van der Waals surface area (Å²) in [6, 6.07) is 2.17. The van der Waals surface area contributed by atoms with Crippen molar-refractivity contribution in [3.8, 4) is 6.07 Å². The first-order valence-corrected chi connectivity index (χ1v) is 14.1. The molecule has 0 spiro atoms. The summed E-state index contributed by atoms with van der Waals surface area (Å²) in [4.78, 5) is 24.7. The molecule has 0 amide bonds. The molecule has 0 bridgehead atoms. The van der Waals surface area contributed by atoms with Gasteiger partial charge in [0, 0.05) is 32.5 Å². The van der Waals surface area contributed by atoms with Gasteiger partial charge < -0.3 is 23.7 Å². The lowest BCUT2D eigenvalue weighted by atomic mass is 9.43. The van der Waals surface area contributed by atoms with Crippen LogP contribution in [0.1, 0.15) is 65.7 Å². The lowest BCUT2D eigenvalue weighted by molar-refractivity contribution is -0.233. The van der Waals surface area contributed by atoms with E-state index >= 15 is 0 Å². The van der Waals surface area contributed by atoms with Gasteiger partial charge in [-0.15, -0.1) is 0 Å². The molecule has 38 heavy (non-hydrogen) atoms. The molecule has 4 rings (SSSR count). The van der Waals surface area contributed by atoms with E-state index in [9.17, 15) is 14.9 Å². The van der Waals surface area contributed by atoms with Crippen molar-refractivity contribution in [2.24, 2.45) is 46.3 Å². The number of hydrogen-bond acceptors (Lipinski definition) is 8. The fourth-order valence-corrected chi connectivity index (χ4v) is 9.07.